The third kappa shape index (κ3) is 4.09. The van der Waals surface area contributed by atoms with Crippen LogP contribution in [0.5, 0.6) is 0 Å². The van der Waals surface area contributed by atoms with Gasteiger partial charge in [0.2, 0.25) is 5.95 Å². The van der Waals surface area contributed by atoms with Crippen molar-refractivity contribution in [2.45, 2.75) is 5.92 Å². The fourth-order valence-corrected chi connectivity index (χ4v) is 3.69. The maximum Gasteiger partial charge on any atom is 0.219 e. The van der Waals surface area contributed by atoms with Crippen molar-refractivity contribution in [3.63, 3.8) is 0 Å². The number of anilines is 2. The van der Waals surface area contributed by atoms with E-state index in [1.54, 1.807) is 18.6 Å². The molecule has 0 fully saturated rings. The van der Waals surface area contributed by atoms with Crippen molar-refractivity contribution in [1.82, 2.24) is 24.9 Å². The minimum absolute atomic E-state index is 0.113. The molecule has 0 spiro atoms. The lowest BCUT2D eigenvalue weighted by Crippen LogP contribution is -2.15. The van der Waals surface area contributed by atoms with E-state index in [1.165, 1.54) is 5.56 Å². The van der Waals surface area contributed by atoms with Crippen molar-refractivity contribution in [1.29, 1.82) is 0 Å². The lowest BCUT2D eigenvalue weighted by molar-refractivity contribution is 0.843. The SMILES string of the molecule is Nc1ncc(-c2nc(NCC(c3ccccc3)c3cccnc3)c3ccccc3n2)cn1. The van der Waals surface area contributed by atoms with Crippen LogP contribution in [0.2, 0.25) is 0 Å². The van der Waals surface area contributed by atoms with Gasteiger partial charge in [0.05, 0.1) is 11.1 Å². The van der Waals surface area contributed by atoms with E-state index in [-0.39, 0.29) is 11.9 Å². The summed E-state index contributed by atoms with van der Waals surface area (Å²) in [5, 5.41) is 4.51. The average molecular weight is 419 g/mol. The zero-order chi connectivity index (χ0) is 21.8. The van der Waals surface area contributed by atoms with Crippen LogP contribution in [0.15, 0.2) is 91.5 Å². The molecule has 0 bridgehead atoms. The number of fused-ring (bicyclic) bond motifs is 1. The van der Waals surface area contributed by atoms with Gasteiger partial charge in [0.25, 0.3) is 0 Å². The molecule has 5 rings (SSSR count). The number of hydrogen-bond acceptors (Lipinski definition) is 7. The third-order valence-electron chi connectivity index (χ3n) is 5.30. The summed E-state index contributed by atoms with van der Waals surface area (Å²) in [6.45, 7) is 0.647. The van der Waals surface area contributed by atoms with Crippen molar-refractivity contribution in [3.05, 3.63) is 103 Å². The van der Waals surface area contributed by atoms with Crippen LogP contribution in [0.25, 0.3) is 22.3 Å². The monoisotopic (exact) mass is 419 g/mol. The number of nitrogens with two attached hydrogens (primary N) is 1. The van der Waals surface area contributed by atoms with Gasteiger partial charge in [0.1, 0.15) is 5.82 Å². The fraction of sp³-hybridized carbons (Fsp3) is 0.0800. The van der Waals surface area contributed by atoms with Gasteiger partial charge in [-0.3, -0.25) is 4.98 Å². The molecule has 0 aliphatic rings. The van der Waals surface area contributed by atoms with Crippen LogP contribution in [0.4, 0.5) is 11.8 Å². The van der Waals surface area contributed by atoms with E-state index in [0.717, 1.165) is 22.3 Å². The Labute approximate surface area is 185 Å². The largest absolute Gasteiger partial charge is 0.368 e. The van der Waals surface area contributed by atoms with Gasteiger partial charge in [-0.2, -0.15) is 0 Å². The molecule has 5 aromatic rings. The van der Waals surface area contributed by atoms with Gasteiger partial charge in [0, 0.05) is 42.6 Å². The topological polar surface area (TPSA) is 102 Å². The Morgan fingerprint density at radius 1 is 0.781 bits per heavy atom. The number of nitrogens with one attached hydrogen (secondary N) is 1. The van der Waals surface area contributed by atoms with Crippen LogP contribution in [-0.2, 0) is 0 Å². The molecule has 32 heavy (non-hydrogen) atoms. The Hall–Kier alpha value is -4.39. The van der Waals surface area contributed by atoms with Crippen molar-refractivity contribution >= 4 is 22.7 Å². The van der Waals surface area contributed by atoms with Gasteiger partial charge >= 0.3 is 0 Å². The number of hydrogen-bond donors (Lipinski definition) is 2. The highest BCUT2D eigenvalue weighted by atomic mass is 15.0. The third-order valence-corrected chi connectivity index (χ3v) is 5.30. The molecule has 0 aliphatic carbocycles. The fourth-order valence-electron chi connectivity index (χ4n) is 3.69. The van der Waals surface area contributed by atoms with Crippen LogP contribution in [0, 0.1) is 0 Å². The number of nitrogen functional groups attached to an aromatic ring is 1. The van der Waals surface area contributed by atoms with E-state index in [2.05, 4.69) is 50.6 Å². The molecule has 0 saturated carbocycles. The molecule has 3 heterocycles. The highest BCUT2D eigenvalue weighted by molar-refractivity contribution is 5.90. The highest BCUT2D eigenvalue weighted by Gasteiger charge is 2.16. The summed E-state index contributed by atoms with van der Waals surface area (Å²) in [7, 11) is 0. The Balaban J connectivity index is 1.53. The minimum atomic E-state index is 0.113. The Morgan fingerprint density at radius 2 is 1.53 bits per heavy atom. The minimum Gasteiger partial charge on any atom is -0.368 e. The molecular formula is C25H21N7. The van der Waals surface area contributed by atoms with E-state index >= 15 is 0 Å². The highest BCUT2D eigenvalue weighted by Crippen LogP contribution is 2.28. The Bertz CT molecular complexity index is 1280. The standard InChI is InChI=1S/C25H21N7/c26-25-29-14-19(15-30-25)23-31-22-11-5-4-10-20(22)24(32-23)28-16-21(17-7-2-1-3-8-17)18-9-6-12-27-13-18/h1-15,21H,16H2,(H2,26,29,30)(H,28,31,32). The Kier molecular flexibility index (Phi) is 5.36. The van der Waals surface area contributed by atoms with E-state index in [0.29, 0.717) is 17.9 Å². The summed E-state index contributed by atoms with van der Waals surface area (Å²) in [6.07, 6.45) is 6.98. The van der Waals surface area contributed by atoms with Gasteiger partial charge in [-0.25, -0.2) is 19.9 Å². The molecular weight excluding hydrogens is 398 g/mol. The molecule has 2 aromatic carbocycles. The second kappa shape index (κ2) is 8.77. The lowest BCUT2D eigenvalue weighted by atomic mass is 9.92. The van der Waals surface area contributed by atoms with Crippen molar-refractivity contribution in [3.8, 4) is 11.4 Å². The van der Waals surface area contributed by atoms with Crippen LogP contribution in [-0.4, -0.2) is 31.5 Å². The number of rotatable bonds is 6. The first kappa shape index (κ1) is 19.6. The zero-order valence-corrected chi connectivity index (χ0v) is 17.3. The molecule has 0 radical (unpaired) electrons. The quantitative estimate of drug-likeness (QED) is 0.423. The van der Waals surface area contributed by atoms with Gasteiger partial charge < -0.3 is 11.1 Å². The summed E-state index contributed by atoms with van der Waals surface area (Å²) < 4.78 is 0. The Morgan fingerprint density at radius 3 is 2.31 bits per heavy atom. The zero-order valence-electron chi connectivity index (χ0n) is 17.3. The first-order valence-corrected chi connectivity index (χ1v) is 10.3. The van der Waals surface area contributed by atoms with Gasteiger partial charge in [-0.1, -0.05) is 48.5 Å². The number of para-hydroxylation sites is 1. The molecule has 0 amide bonds. The molecule has 156 valence electrons. The summed E-state index contributed by atoms with van der Waals surface area (Å²) in [6, 6.07) is 22.4. The summed E-state index contributed by atoms with van der Waals surface area (Å²) in [4.78, 5) is 22.0. The number of aromatic nitrogens is 5. The molecule has 7 heteroatoms. The molecule has 3 N–H and O–H groups in total. The first-order chi connectivity index (χ1) is 15.8. The lowest BCUT2D eigenvalue weighted by Gasteiger charge is -2.19. The smallest absolute Gasteiger partial charge is 0.219 e. The van der Waals surface area contributed by atoms with Gasteiger partial charge in [0.15, 0.2) is 5.82 Å². The average Bonchev–Trinajstić information content (AvgIpc) is 2.86. The van der Waals surface area contributed by atoms with Gasteiger partial charge in [-0.05, 0) is 29.3 Å². The number of nitrogens with zero attached hydrogens (tertiary/aromatic N) is 5. The summed E-state index contributed by atoms with van der Waals surface area (Å²) in [5.74, 6) is 1.63. The predicted octanol–water partition coefficient (Wildman–Crippen LogP) is 4.31. The van der Waals surface area contributed by atoms with E-state index in [1.807, 2.05) is 42.6 Å². The van der Waals surface area contributed by atoms with Crippen LogP contribution < -0.4 is 11.1 Å². The van der Waals surface area contributed by atoms with Gasteiger partial charge in [-0.15, -0.1) is 0 Å². The predicted molar refractivity (Wildman–Crippen MR) is 126 cm³/mol. The molecule has 0 saturated heterocycles. The maximum atomic E-state index is 5.64. The normalized spacial score (nSPS) is 11.9. The summed E-state index contributed by atoms with van der Waals surface area (Å²) in [5.41, 5.74) is 9.53. The van der Waals surface area contributed by atoms with Crippen molar-refractivity contribution in [2.24, 2.45) is 0 Å². The second-order valence-electron chi connectivity index (χ2n) is 7.37. The first-order valence-electron chi connectivity index (χ1n) is 10.3. The van der Waals surface area contributed by atoms with Crippen molar-refractivity contribution < 1.29 is 0 Å². The number of benzene rings is 2. The summed E-state index contributed by atoms with van der Waals surface area (Å²) >= 11 is 0. The van der Waals surface area contributed by atoms with Crippen LogP contribution >= 0.6 is 0 Å². The molecule has 1 atom stereocenters. The second-order valence-corrected chi connectivity index (χ2v) is 7.37. The maximum absolute atomic E-state index is 5.64. The van der Waals surface area contributed by atoms with Crippen LogP contribution in [0.3, 0.4) is 0 Å². The number of pyridine rings is 1. The molecule has 7 nitrogen and oxygen atoms in total. The van der Waals surface area contributed by atoms with E-state index in [9.17, 15) is 0 Å². The molecule has 0 aliphatic heterocycles. The van der Waals surface area contributed by atoms with E-state index < -0.39 is 0 Å². The van der Waals surface area contributed by atoms with Crippen molar-refractivity contribution in [2.75, 3.05) is 17.6 Å². The molecule has 3 aromatic heterocycles. The molecule has 1 unspecified atom stereocenters. The van der Waals surface area contributed by atoms with E-state index in [4.69, 9.17) is 15.7 Å². The van der Waals surface area contributed by atoms with Crippen LogP contribution in [0.1, 0.15) is 17.0 Å².